The SMILES string of the molecule is [CH2+]C(CCC(C)C(CC)CC)C(C)C. The molecule has 14 heavy (non-hydrogen) atoms. The zero-order valence-corrected chi connectivity index (χ0v) is 10.8. The monoisotopic (exact) mass is 197 g/mol. The van der Waals surface area contributed by atoms with Crippen molar-refractivity contribution in [3.63, 3.8) is 0 Å². The lowest BCUT2D eigenvalue weighted by Gasteiger charge is -2.22. The molecule has 0 heteroatoms. The van der Waals surface area contributed by atoms with Gasteiger partial charge in [0.25, 0.3) is 0 Å². The van der Waals surface area contributed by atoms with E-state index in [-0.39, 0.29) is 0 Å². The Bertz CT molecular complexity index is 122. The second-order valence-electron chi connectivity index (χ2n) is 5.14. The number of hydrogen-bond acceptors (Lipinski definition) is 0. The summed E-state index contributed by atoms with van der Waals surface area (Å²) < 4.78 is 0. The highest BCUT2D eigenvalue weighted by Crippen LogP contribution is 2.26. The van der Waals surface area contributed by atoms with Crippen LogP contribution in [0.4, 0.5) is 0 Å². The second-order valence-corrected chi connectivity index (χ2v) is 5.14. The smallest absolute Gasteiger partial charge is 0.0651 e. The van der Waals surface area contributed by atoms with Crippen LogP contribution in [0.1, 0.15) is 60.3 Å². The molecule has 0 bridgehead atoms. The molecule has 0 aromatic heterocycles. The molecule has 0 fully saturated rings. The van der Waals surface area contributed by atoms with Crippen LogP contribution in [-0.2, 0) is 0 Å². The molecule has 0 nitrogen and oxygen atoms in total. The lowest BCUT2D eigenvalue weighted by Crippen LogP contribution is -2.13. The first-order valence-electron chi connectivity index (χ1n) is 6.35. The van der Waals surface area contributed by atoms with E-state index >= 15 is 0 Å². The van der Waals surface area contributed by atoms with Crippen LogP contribution in [0.2, 0.25) is 0 Å². The minimum Gasteiger partial charge on any atom is -0.0651 e. The Morgan fingerprint density at radius 2 is 1.43 bits per heavy atom. The van der Waals surface area contributed by atoms with E-state index in [0.717, 1.165) is 17.8 Å². The third kappa shape index (κ3) is 4.93. The predicted molar refractivity (Wildman–Crippen MR) is 66.2 cm³/mol. The van der Waals surface area contributed by atoms with Gasteiger partial charge < -0.3 is 0 Å². The van der Waals surface area contributed by atoms with Gasteiger partial charge in [-0.3, -0.25) is 0 Å². The van der Waals surface area contributed by atoms with Gasteiger partial charge in [-0.05, 0) is 30.6 Å². The van der Waals surface area contributed by atoms with Crippen LogP contribution in [0.15, 0.2) is 0 Å². The number of hydrogen-bond donors (Lipinski definition) is 0. The van der Waals surface area contributed by atoms with Crippen molar-refractivity contribution in [2.24, 2.45) is 23.7 Å². The summed E-state index contributed by atoms with van der Waals surface area (Å²) in [5.74, 6) is 3.19. The maximum Gasteiger partial charge on any atom is 0.0975 e. The van der Waals surface area contributed by atoms with Gasteiger partial charge in [-0.15, -0.1) is 0 Å². The first-order valence-corrected chi connectivity index (χ1v) is 6.35. The molecule has 0 aromatic carbocycles. The molecule has 0 aromatic rings. The second kappa shape index (κ2) is 7.20. The highest BCUT2D eigenvalue weighted by molar-refractivity contribution is 4.70. The molecule has 0 saturated heterocycles. The molecule has 0 radical (unpaired) electrons. The average molecular weight is 197 g/mol. The van der Waals surface area contributed by atoms with Crippen LogP contribution < -0.4 is 0 Å². The molecule has 0 saturated carbocycles. The van der Waals surface area contributed by atoms with Gasteiger partial charge in [-0.25, -0.2) is 0 Å². The molecule has 2 atom stereocenters. The topological polar surface area (TPSA) is 0 Å². The fourth-order valence-corrected chi connectivity index (χ4v) is 2.14. The summed E-state index contributed by atoms with van der Waals surface area (Å²) in [6.07, 6.45) is 5.33. The first-order chi connectivity index (χ1) is 6.52. The van der Waals surface area contributed by atoms with Crippen LogP contribution in [0.3, 0.4) is 0 Å². The normalized spacial score (nSPS) is 16.2. The summed E-state index contributed by atoms with van der Waals surface area (Å²) in [6, 6.07) is 0. The summed E-state index contributed by atoms with van der Waals surface area (Å²) in [5.41, 5.74) is 0. The Kier molecular flexibility index (Phi) is 7.13. The van der Waals surface area contributed by atoms with Gasteiger partial charge in [0.2, 0.25) is 0 Å². The van der Waals surface area contributed by atoms with Gasteiger partial charge in [-0.1, -0.05) is 47.5 Å². The van der Waals surface area contributed by atoms with Crippen molar-refractivity contribution >= 4 is 0 Å². The van der Waals surface area contributed by atoms with Crippen molar-refractivity contribution in [3.05, 3.63) is 6.92 Å². The highest BCUT2D eigenvalue weighted by atomic mass is 14.2. The summed E-state index contributed by atoms with van der Waals surface area (Å²) in [5, 5.41) is 0. The van der Waals surface area contributed by atoms with E-state index in [9.17, 15) is 0 Å². The van der Waals surface area contributed by atoms with Crippen molar-refractivity contribution < 1.29 is 0 Å². The quantitative estimate of drug-likeness (QED) is 0.507. The van der Waals surface area contributed by atoms with Crippen LogP contribution in [-0.4, -0.2) is 0 Å². The predicted octanol–water partition coefficient (Wildman–Crippen LogP) is 4.95. The maximum absolute atomic E-state index is 4.22. The largest absolute Gasteiger partial charge is 0.0975 e. The third-order valence-corrected chi connectivity index (χ3v) is 3.79. The van der Waals surface area contributed by atoms with Crippen molar-refractivity contribution in [2.45, 2.75) is 60.3 Å². The minimum absolute atomic E-state index is 0.645. The Balaban J connectivity index is 3.77. The van der Waals surface area contributed by atoms with Gasteiger partial charge in [0.15, 0.2) is 0 Å². The standard InChI is InChI=1S/C14H29/c1-7-14(8-2)13(6)10-9-12(5)11(3)4/h11-14H,5,7-10H2,1-4,6H3/q+1. The minimum atomic E-state index is 0.645. The lowest BCUT2D eigenvalue weighted by atomic mass is 9.82. The van der Waals surface area contributed by atoms with E-state index in [2.05, 4.69) is 41.5 Å². The molecule has 0 amide bonds. The van der Waals surface area contributed by atoms with E-state index in [0.29, 0.717) is 5.92 Å². The molecule has 0 rings (SSSR count). The van der Waals surface area contributed by atoms with Crippen molar-refractivity contribution in [3.8, 4) is 0 Å². The van der Waals surface area contributed by atoms with Crippen molar-refractivity contribution in [2.75, 3.05) is 0 Å². The zero-order valence-electron chi connectivity index (χ0n) is 10.8. The van der Waals surface area contributed by atoms with Gasteiger partial charge in [-0.2, -0.15) is 0 Å². The van der Waals surface area contributed by atoms with E-state index in [1.165, 1.54) is 25.7 Å². The Labute approximate surface area is 91.5 Å². The Morgan fingerprint density at radius 3 is 1.79 bits per heavy atom. The molecule has 0 aliphatic carbocycles. The van der Waals surface area contributed by atoms with E-state index in [1.807, 2.05) is 0 Å². The summed E-state index contributed by atoms with van der Waals surface area (Å²) in [6.45, 7) is 15.8. The van der Waals surface area contributed by atoms with E-state index in [4.69, 9.17) is 0 Å². The molecule has 2 unspecified atom stereocenters. The molecule has 0 aliphatic rings. The van der Waals surface area contributed by atoms with Crippen LogP contribution in [0.5, 0.6) is 0 Å². The molecule has 0 spiro atoms. The summed E-state index contributed by atoms with van der Waals surface area (Å²) in [4.78, 5) is 0. The van der Waals surface area contributed by atoms with E-state index < -0.39 is 0 Å². The molecule has 0 aliphatic heterocycles. The fourth-order valence-electron chi connectivity index (χ4n) is 2.14. The van der Waals surface area contributed by atoms with Crippen LogP contribution >= 0.6 is 0 Å². The highest BCUT2D eigenvalue weighted by Gasteiger charge is 2.18. The molecule has 0 heterocycles. The fraction of sp³-hybridized carbons (Fsp3) is 0.929. The van der Waals surface area contributed by atoms with Crippen LogP contribution in [0, 0.1) is 30.6 Å². The first kappa shape index (κ1) is 13.9. The maximum atomic E-state index is 4.22. The zero-order chi connectivity index (χ0) is 11.1. The van der Waals surface area contributed by atoms with Gasteiger partial charge in [0.05, 0.1) is 12.8 Å². The summed E-state index contributed by atoms with van der Waals surface area (Å²) >= 11 is 0. The van der Waals surface area contributed by atoms with Gasteiger partial charge >= 0.3 is 0 Å². The van der Waals surface area contributed by atoms with Gasteiger partial charge in [0, 0.05) is 0 Å². The van der Waals surface area contributed by atoms with Crippen molar-refractivity contribution in [1.82, 2.24) is 0 Å². The lowest BCUT2D eigenvalue weighted by molar-refractivity contribution is 0.286. The molecule has 0 N–H and O–H groups in total. The average Bonchev–Trinajstić information content (AvgIpc) is 2.15. The molecular weight excluding hydrogens is 168 g/mol. The van der Waals surface area contributed by atoms with Gasteiger partial charge in [0.1, 0.15) is 0 Å². The molecular formula is C14H29+. The van der Waals surface area contributed by atoms with Crippen molar-refractivity contribution in [1.29, 1.82) is 0 Å². The Hall–Kier alpha value is -0.130. The van der Waals surface area contributed by atoms with Crippen LogP contribution in [0.25, 0.3) is 0 Å². The summed E-state index contributed by atoms with van der Waals surface area (Å²) in [7, 11) is 0. The number of rotatable bonds is 7. The third-order valence-electron chi connectivity index (χ3n) is 3.79. The Morgan fingerprint density at radius 1 is 0.929 bits per heavy atom. The molecule has 84 valence electrons. The van der Waals surface area contributed by atoms with E-state index in [1.54, 1.807) is 0 Å².